The average molecular weight is 292 g/mol. The molecule has 1 aromatic heterocycles. The van der Waals surface area contributed by atoms with Gasteiger partial charge in [0.05, 0.1) is 34.9 Å². The van der Waals surface area contributed by atoms with E-state index < -0.39 is 10.5 Å². The number of nitrogens with one attached hydrogen (secondary N) is 2. The number of aromatic amines is 1. The molecule has 0 spiro atoms. The van der Waals surface area contributed by atoms with E-state index in [9.17, 15) is 14.9 Å². The van der Waals surface area contributed by atoms with Crippen molar-refractivity contribution >= 4 is 22.3 Å². The lowest BCUT2D eigenvalue weighted by Gasteiger charge is -2.10. The molecule has 0 bridgehead atoms. The number of anilines is 1. The van der Waals surface area contributed by atoms with E-state index in [0.717, 1.165) is 0 Å². The van der Waals surface area contributed by atoms with Crippen molar-refractivity contribution in [2.75, 3.05) is 18.5 Å². The molecule has 0 fully saturated rings. The molecular formula is C13H16N4O4. The van der Waals surface area contributed by atoms with Crippen LogP contribution in [0.5, 0.6) is 0 Å². The van der Waals surface area contributed by atoms with Gasteiger partial charge in [0.25, 0.3) is 11.2 Å². The normalized spacial score (nSPS) is 11.0. The van der Waals surface area contributed by atoms with E-state index in [1.54, 1.807) is 0 Å². The number of nitrogens with zero attached hydrogens (tertiary/aromatic N) is 2. The highest BCUT2D eigenvalue weighted by Crippen LogP contribution is 2.27. The SMILES string of the molecule is CC(C)OCCNc1cc2nc[nH]c(=O)c2cc1[N+](=O)[O-]. The predicted molar refractivity (Wildman–Crippen MR) is 78.6 cm³/mol. The average Bonchev–Trinajstić information content (AvgIpc) is 2.43. The fourth-order valence-electron chi connectivity index (χ4n) is 1.88. The van der Waals surface area contributed by atoms with Gasteiger partial charge in [0, 0.05) is 12.6 Å². The summed E-state index contributed by atoms with van der Waals surface area (Å²) >= 11 is 0. The molecule has 112 valence electrons. The molecular weight excluding hydrogens is 276 g/mol. The predicted octanol–water partition coefficient (Wildman–Crippen LogP) is 1.67. The van der Waals surface area contributed by atoms with Crippen LogP contribution in [0.1, 0.15) is 13.8 Å². The quantitative estimate of drug-likeness (QED) is 0.476. The van der Waals surface area contributed by atoms with E-state index in [-0.39, 0.29) is 17.2 Å². The van der Waals surface area contributed by atoms with Crippen molar-refractivity contribution in [3.8, 4) is 0 Å². The summed E-state index contributed by atoms with van der Waals surface area (Å²) in [6.07, 6.45) is 1.36. The molecule has 0 saturated carbocycles. The molecule has 2 N–H and O–H groups in total. The molecule has 8 heteroatoms. The van der Waals surface area contributed by atoms with E-state index in [0.29, 0.717) is 24.4 Å². The van der Waals surface area contributed by atoms with Gasteiger partial charge in [-0.2, -0.15) is 0 Å². The highest BCUT2D eigenvalue weighted by Gasteiger charge is 2.16. The molecule has 0 aliphatic heterocycles. The van der Waals surface area contributed by atoms with E-state index >= 15 is 0 Å². The second-order valence-electron chi connectivity index (χ2n) is 4.72. The van der Waals surface area contributed by atoms with Crippen molar-refractivity contribution in [3.05, 3.63) is 38.9 Å². The first-order valence-corrected chi connectivity index (χ1v) is 6.50. The van der Waals surface area contributed by atoms with E-state index in [2.05, 4.69) is 15.3 Å². The molecule has 0 aliphatic rings. The molecule has 0 saturated heterocycles. The summed E-state index contributed by atoms with van der Waals surface area (Å²) in [6, 6.07) is 2.73. The number of fused-ring (bicyclic) bond motifs is 1. The van der Waals surface area contributed by atoms with Crippen LogP contribution in [0.15, 0.2) is 23.3 Å². The van der Waals surface area contributed by atoms with Crippen LogP contribution in [0.3, 0.4) is 0 Å². The highest BCUT2D eigenvalue weighted by molar-refractivity contribution is 5.86. The number of hydrogen-bond donors (Lipinski definition) is 2. The fraction of sp³-hybridized carbons (Fsp3) is 0.385. The van der Waals surface area contributed by atoms with Gasteiger partial charge in [-0.15, -0.1) is 0 Å². The van der Waals surface area contributed by atoms with Crippen LogP contribution < -0.4 is 10.9 Å². The van der Waals surface area contributed by atoms with Crippen molar-refractivity contribution in [2.24, 2.45) is 0 Å². The van der Waals surface area contributed by atoms with Gasteiger partial charge in [-0.25, -0.2) is 4.98 Å². The molecule has 8 nitrogen and oxygen atoms in total. The number of H-pyrrole nitrogens is 1. The van der Waals surface area contributed by atoms with Crippen LogP contribution in [0.2, 0.25) is 0 Å². The Kier molecular flexibility index (Phi) is 4.49. The second kappa shape index (κ2) is 6.31. The number of aromatic nitrogens is 2. The first kappa shape index (κ1) is 14.9. The number of nitro groups is 1. The molecule has 0 aliphatic carbocycles. The zero-order valence-electron chi connectivity index (χ0n) is 11.8. The highest BCUT2D eigenvalue weighted by atomic mass is 16.6. The summed E-state index contributed by atoms with van der Waals surface area (Å²) in [4.78, 5) is 28.6. The first-order chi connectivity index (χ1) is 9.99. The van der Waals surface area contributed by atoms with Crippen molar-refractivity contribution in [1.29, 1.82) is 0 Å². The monoisotopic (exact) mass is 292 g/mol. The minimum atomic E-state index is -0.530. The van der Waals surface area contributed by atoms with Gasteiger partial charge >= 0.3 is 0 Å². The Bertz CT molecular complexity index is 711. The maximum absolute atomic E-state index is 11.6. The summed E-state index contributed by atoms with van der Waals surface area (Å²) < 4.78 is 5.37. The lowest BCUT2D eigenvalue weighted by molar-refractivity contribution is -0.383. The topological polar surface area (TPSA) is 110 Å². The van der Waals surface area contributed by atoms with Gasteiger partial charge in [-0.3, -0.25) is 14.9 Å². The van der Waals surface area contributed by atoms with Gasteiger partial charge in [-0.1, -0.05) is 0 Å². The molecule has 21 heavy (non-hydrogen) atoms. The van der Waals surface area contributed by atoms with Gasteiger partial charge in [0.2, 0.25) is 0 Å². The van der Waals surface area contributed by atoms with Crippen LogP contribution in [-0.4, -0.2) is 34.1 Å². The standard InChI is InChI=1S/C13H16N4O4/c1-8(2)21-4-3-14-11-6-10-9(5-12(11)17(19)20)13(18)16-7-15-10/h5-8,14H,3-4H2,1-2H3,(H,15,16,18). The Balaban J connectivity index is 2.31. The number of ether oxygens (including phenoxy) is 1. The van der Waals surface area contributed by atoms with Crippen molar-refractivity contribution in [2.45, 2.75) is 20.0 Å². The molecule has 0 unspecified atom stereocenters. The largest absolute Gasteiger partial charge is 0.377 e. The molecule has 1 aromatic carbocycles. The summed E-state index contributed by atoms with van der Waals surface area (Å²) in [7, 11) is 0. The molecule has 1 heterocycles. The maximum Gasteiger partial charge on any atom is 0.293 e. The molecule has 0 radical (unpaired) electrons. The summed E-state index contributed by atoms with van der Waals surface area (Å²) in [5, 5.41) is 14.3. The maximum atomic E-state index is 11.6. The molecule has 2 aromatic rings. The third-order valence-corrected chi connectivity index (χ3v) is 2.82. The Morgan fingerprint density at radius 1 is 1.48 bits per heavy atom. The Morgan fingerprint density at radius 3 is 2.90 bits per heavy atom. The lowest BCUT2D eigenvalue weighted by Crippen LogP contribution is -2.14. The van der Waals surface area contributed by atoms with Crippen molar-refractivity contribution in [1.82, 2.24) is 9.97 Å². The Hall–Kier alpha value is -2.48. The van der Waals surface area contributed by atoms with Gasteiger partial charge in [0.15, 0.2) is 0 Å². The number of benzene rings is 1. The smallest absolute Gasteiger partial charge is 0.293 e. The third kappa shape index (κ3) is 3.54. The van der Waals surface area contributed by atoms with Crippen molar-refractivity contribution < 1.29 is 9.66 Å². The molecule has 0 atom stereocenters. The minimum absolute atomic E-state index is 0.0959. The van der Waals surface area contributed by atoms with Crippen LogP contribution in [0.4, 0.5) is 11.4 Å². The lowest BCUT2D eigenvalue weighted by atomic mass is 10.2. The van der Waals surface area contributed by atoms with Gasteiger partial charge in [-0.05, 0) is 19.9 Å². The number of nitro benzene ring substituents is 1. The van der Waals surface area contributed by atoms with E-state index in [1.165, 1.54) is 18.5 Å². The Morgan fingerprint density at radius 2 is 2.24 bits per heavy atom. The Labute approximate surface area is 120 Å². The summed E-state index contributed by atoms with van der Waals surface area (Å²) in [6.45, 7) is 4.67. The summed E-state index contributed by atoms with van der Waals surface area (Å²) in [5.41, 5.74) is 0.151. The van der Waals surface area contributed by atoms with Crippen molar-refractivity contribution in [3.63, 3.8) is 0 Å². The minimum Gasteiger partial charge on any atom is -0.377 e. The van der Waals surface area contributed by atoms with Crippen LogP contribution >= 0.6 is 0 Å². The number of rotatable bonds is 6. The first-order valence-electron chi connectivity index (χ1n) is 6.50. The van der Waals surface area contributed by atoms with E-state index in [1.807, 2.05) is 13.8 Å². The number of hydrogen-bond acceptors (Lipinski definition) is 6. The fourth-order valence-corrected chi connectivity index (χ4v) is 1.88. The molecule has 2 rings (SSSR count). The van der Waals surface area contributed by atoms with Gasteiger partial charge in [0.1, 0.15) is 5.69 Å². The van der Waals surface area contributed by atoms with E-state index in [4.69, 9.17) is 4.74 Å². The third-order valence-electron chi connectivity index (χ3n) is 2.82. The molecule has 0 amide bonds. The zero-order chi connectivity index (χ0) is 15.4. The van der Waals surface area contributed by atoms with Gasteiger partial charge < -0.3 is 15.0 Å². The zero-order valence-corrected chi connectivity index (χ0v) is 11.8. The van der Waals surface area contributed by atoms with Crippen LogP contribution in [0.25, 0.3) is 10.9 Å². The summed E-state index contributed by atoms with van der Waals surface area (Å²) in [5.74, 6) is 0. The van der Waals surface area contributed by atoms with Crippen LogP contribution in [-0.2, 0) is 4.74 Å². The van der Waals surface area contributed by atoms with Crippen LogP contribution in [0, 0.1) is 10.1 Å². The second-order valence-corrected chi connectivity index (χ2v) is 4.72.